The van der Waals surface area contributed by atoms with Gasteiger partial charge in [-0.05, 0) is 35.4 Å². The summed E-state index contributed by atoms with van der Waals surface area (Å²) in [5.74, 6) is -0.263. The number of fused-ring (bicyclic) bond motifs is 1. The molecule has 0 aromatic heterocycles. The minimum atomic E-state index is -0.916. The van der Waals surface area contributed by atoms with Crippen LogP contribution in [0.2, 0.25) is 0 Å². The minimum absolute atomic E-state index is 0.0746. The molecule has 0 saturated carbocycles. The van der Waals surface area contributed by atoms with Crippen LogP contribution in [-0.4, -0.2) is 69.1 Å². The SMILES string of the molecule is COCCNC(=O)CN1CC(c2ccc3c(c2)OCO3)[C@H](C(=O)O)[C@H]1c1ccc(OC)cc1. The Kier molecular flexibility index (Phi) is 7.00. The molecule has 4 rings (SSSR count). The molecule has 1 amide bonds. The Bertz CT molecular complexity index is 995. The maximum Gasteiger partial charge on any atom is 0.309 e. The number of nitrogens with one attached hydrogen (secondary N) is 1. The largest absolute Gasteiger partial charge is 0.497 e. The normalized spacial score (nSPS) is 21.7. The average Bonchev–Trinajstić information content (AvgIpc) is 3.43. The molecule has 176 valence electrons. The molecule has 9 nitrogen and oxygen atoms in total. The number of amides is 1. The molecule has 3 atom stereocenters. The van der Waals surface area contributed by atoms with Gasteiger partial charge >= 0.3 is 5.97 Å². The van der Waals surface area contributed by atoms with E-state index in [2.05, 4.69) is 5.32 Å². The second kappa shape index (κ2) is 10.1. The molecular formula is C24H28N2O7. The molecule has 2 aromatic rings. The van der Waals surface area contributed by atoms with Crippen molar-refractivity contribution in [1.82, 2.24) is 10.2 Å². The van der Waals surface area contributed by atoms with Gasteiger partial charge in [-0.25, -0.2) is 0 Å². The van der Waals surface area contributed by atoms with Crippen molar-refractivity contribution in [2.24, 2.45) is 5.92 Å². The van der Waals surface area contributed by atoms with Gasteiger partial charge < -0.3 is 29.4 Å². The Labute approximate surface area is 192 Å². The van der Waals surface area contributed by atoms with Crippen molar-refractivity contribution in [1.29, 1.82) is 0 Å². The lowest BCUT2D eigenvalue weighted by Crippen LogP contribution is -2.39. The van der Waals surface area contributed by atoms with Gasteiger partial charge in [0, 0.05) is 32.2 Å². The van der Waals surface area contributed by atoms with Gasteiger partial charge in [-0.2, -0.15) is 0 Å². The van der Waals surface area contributed by atoms with E-state index in [-0.39, 0.29) is 25.2 Å². The molecule has 9 heteroatoms. The highest BCUT2D eigenvalue weighted by Gasteiger charge is 2.48. The van der Waals surface area contributed by atoms with E-state index in [1.807, 2.05) is 29.2 Å². The van der Waals surface area contributed by atoms with E-state index in [4.69, 9.17) is 18.9 Å². The number of carbonyl (C=O) groups excluding carboxylic acids is 1. The number of carbonyl (C=O) groups is 2. The first-order valence-electron chi connectivity index (χ1n) is 10.8. The molecule has 1 unspecified atom stereocenters. The van der Waals surface area contributed by atoms with Crippen LogP contribution in [0.1, 0.15) is 23.1 Å². The molecule has 0 aliphatic carbocycles. The molecule has 2 aromatic carbocycles. The third-order valence-electron chi connectivity index (χ3n) is 6.14. The molecule has 2 aliphatic rings. The number of likely N-dealkylation sites (tertiary alicyclic amines) is 1. The van der Waals surface area contributed by atoms with Crippen LogP contribution >= 0.6 is 0 Å². The van der Waals surface area contributed by atoms with E-state index in [0.717, 1.165) is 11.1 Å². The lowest BCUT2D eigenvalue weighted by atomic mass is 9.82. The van der Waals surface area contributed by atoms with Crippen molar-refractivity contribution in [2.45, 2.75) is 12.0 Å². The number of rotatable bonds is 9. The quantitative estimate of drug-likeness (QED) is 0.552. The Morgan fingerprint density at radius 1 is 1.09 bits per heavy atom. The predicted molar refractivity (Wildman–Crippen MR) is 119 cm³/mol. The van der Waals surface area contributed by atoms with Crippen LogP contribution in [0.15, 0.2) is 42.5 Å². The summed E-state index contributed by atoms with van der Waals surface area (Å²) in [6, 6.07) is 12.4. The molecule has 0 radical (unpaired) electrons. The van der Waals surface area contributed by atoms with Gasteiger partial charge in [-0.3, -0.25) is 14.5 Å². The summed E-state index contributed by atoms with van der Waals surface area (Å²) in [5.41, 5.74) is 1.66. The maximum atomic E-state index is 12.6. The summed E-state index contributed by atoms with van der Waals surface area (Å²) in [6.45, 7) is 1.43. The second-order valence-corrected chi connectivity index (χ2v) is 8.07. The number of hydrogen-bond donors (Lipinski definition) is 2. The van der Waals surface area contributed by atoms with Crippen LogP contribution in [0.4, 0.5) is 0 Å². The van der Waals surface area contributed by atoms with Crippen LogP contribution in [0.3, 0.4) is 0 Å². The fourth-order valence-electron chi connectivity index (χ4n) is 4.61. The van der Waals surface area contributed by atoms with Crippen molar-refractivity contribution < 1.29 is 33.6 Å². The van der Waals surface area contributed by atoms with Crippen LogP contribution < -0.4 is 19.5 Å². The van der Waals surface area contributed by atoms with Crippen molar-refractivity contribution in [3.63, 3.8) is 0 Å². The lowest BCUT2D eigenvalue weighted by Gasteiger charge is -2.27. The highest BCUT2D eigenvalue weighted by molar-refractivity contribution is 5.79. The predicted octanol–water partition coefficient (Wildman–Crippen LogP) is 2.03. The highest BCUT2D eigenvalue weighted by atomic mass is 16.7. The smallest absolute Gasteiger partial charge is 0.309 e. The van der Waals surface area contributed by atoms with Crippen LogP contribution in [-0.2, 0) is 14.3 Å². The number of carboxylic acids is 1. The van der Waals surface area contributed by atoms with Gasteiger partial charge in [0.25, 0.3) is 0 Å². The molecule has 2 heterocycles. The first-order valence-corrected chi connectivity index (χ1v) is 10.8. The fraction of sp³-hybridized carbons (Fsp3) is 0.417. The number of ether oxygens (including phenoxy) is 4. The maximum absolute atomic E-state index is 12.6. The van der Waals surface area contributed by atoms with E-state index < -0.39 is 17.9 Å². The van der Waals surface area contributed by atoms with Gasteiger partial charge in [-0.1, -0.05) is 18.2 Å². The Morgan fingerprint density at radius 3 is 2.52 bits per heavy atom. The fourth-order valence-corrected chi connectivity index (χ4v) is 4.61. The standard InChI is InChI=1S/C24H28N2O7/c1-30-10-9-25-21(27)13-26-12-18(16-5-8-19-20(11-16)33-14-32-19)22(24(28)29)23(26)15-3-6-17(31-2)7-4-15/h3-8,11,18,22-23H,9-10,12-14H2,1-2H3,(H,25,27)(H,28,29)/t18?,22-,23+/m0/s1. The number of aliphatic carboxylic acids is 1. The van der Waals surface area contributed by atoms with Gasteiger partial charge in [0.2, 0.25) is 12.7 Å². The zero-order chi connectivity index (χ0) is 23.4. The monoisotopic (exact) mass is 456 g/mol. The van der Waals surface area contributed by atoms with Gasteiger partial charge in [0.15, 0.2) is 11.5 Å². The molecule has 2 aliphatic heterocycles. The van der Waals surface area contributed by atoms with Crippen LogP contribution in [0.25, 0.3) is 0 Å². The molecule has 0 spiro atoms. The molecule has 2 N–H and O–H groups in total. The summed E-state index contributed by atoms with van der Waals surface area (Å²) < 4.78 is 21.2. The van der Waals surface area contributed by atoms with Gasteiger partial charge in [0.05, 0.1) is 26.2 Å². The molecular weight excluding hydrogens is 428 g/mol. The van der Waals surface area contributed by atoms with E-state index in [1.54, 1.807) is 32.4 Å². The second-order valence-electron chi connectivity index (χ2n) is 8.07. The highest BCUT2D eigenvalue weighted by Crippen LogP contribution is 2.47. The number of hydrogen-bond acceptors (Lipinski definition) is 7. The number of benzene rings is 2. The van der Waals surface area contributed by atoms with E-state index >= 15 is 0 Å². The Morgan fingerprint density at radius 2 is 1.82 bits per heavy atom. The van der Waals surface area contributed by atoms with Crippen molar-refractivity contribution >= 4 is 11.9 Å². The van der Waals surface area contributed by atoms with Crippen LogP contribution in [0, 0.1) is 5.92 Å². The van der Waals surface area contributed by atoms with Crippen molar-refractivity contribution in [2.75, 3.05) is 47.3 Å². The summed E-state index contributed by atoms with van der Waals surface area (Å²) in [6.07, 6.45) is 0. The number of nitrogens with zero attached hydrogens (tertiary/aromatic N) is 1. The Balaban J connectivity index is 1.66. The van der Waals surface area contributed by atoms with Crippen molar-refractivity contribution in [3.8, 4) is 17.2 Å². The summed E-state index contributed by atoms with van der Waals surface area (Å²) in [5, 5.41) is 13.1. The lowest BCUT2D eigenvalue weighted by molar-refractivity contribution is -0.143. The third kappa shape index (κ3) is 4.89. The molecule has 1 fully saturated rings. The number of methoxy groups -OCH3 is 2. The van der Waals surface area contributed by atoms with E-state index in [0.29, 0.717) is 36.9 Å². The summed E-state index contributed by atoms with van der Waals surface area (Å²) in [7, 11) is 3.15. The molecule has 0 bridgehead atoms. The van der Waals surface area contributed by atoms with Crippen molar-refractivity contribution in [3.05, 3.63) is 53.6 Å². The Hall–Kier alpha value is -3.30. The molecule has 33 heavy (non-hydrogen) atoms. The number of carboxylic acid groups (broad SMARTS) is 1. The van der Waals surface area contributed by atoms with E-state index in [1.165, 1.54) is 0 Å². The topological polar surface area (TPSA) is 107 Å². The van der Waals surface area contributed by atoms with E-state index in [9.17, 15) is 14.7 Å². The minimum Gasteiger partial charge on any atom is -0.497 e. The average molecular weight is 456 g/mol. The summed E-state index contributed by atoms with van der Waals surface area (Å²) in [4.78, 5) is 27.1. The van der Waals surface area contributed by atoms with Crippen LogP contribution in [0.5, 0.6) is 17.2 Å². The van der Waals surface area contributed by atoms with Gasteiger partial charge in [0.1, 0.15) is 5.75 Å². The third-order valence-corrected chi connectivity index (χ3v) is 6.14. The zero-order valence-electron chi connectivity index (χ0n) is 18.7. The summed E-state index contributed by atoms with van der Waals surface area (Å²) >= 11 is 0. The first-order chi connectivity index (χ1) is 16.0. The first kappa shape index (κ1) is 22.9. The van der Waals surface area contributed by atoms with Gasteiger partial charge in [-0.15, -0.1) is 0 Å². The zero-order valence-corrected chi connectivity index (χ0v) is 18.7. The molecule has 1 saturated heterocycles.